The van der Waals surface area contributed by atoms with Gasteiger partial charge in [0, 0.05) is 36.4 Å². The minimum Gasteiger partial charge on any atom is -0.395 e. The molecule has 6 nitrogen and oxygen atoms in total. The van der Waals surface area contributed by atoms with Gasteiger partial charge in [0.2, 0.25) is 0 Å². The number of carbonyl (C=O) groups is 1. The topological polar surface area (TPSA) is 78.6 Å². The van der Waals surface area contributed by atoms with E-state index in [-0.39, 0.29) is 18.4 Å². The molecule has 4 rings (SSSR count). The van der Waals surface area contributed by atoms with Crippen LogP contribution < -0.4 is 10.2 Å². The van der Waals surface area contributed by atoms with Crippen molar-refractivity contribution in [1.82, 2.24) is 5.16 Å². The second kappa shape index (κ2) is 6.14. The monoisotopic (exact) mass is 351 g/mol. The first-order valence-electron chi connectivity index (χ1n) is 8.72. The first-order chi connectivity index (χ1) is 12.5. The van der Waals surface area contributed by atoms with E-state index >= 15 is 0 Å². The molecule has 0 atom stereocenters. The molecular formula is C20H21N3O3. The molecule has 0 fully saturated rings. The van der Waals surface area contributed by atoms with Crippen LogP contribution >= 0.6 is 0 Å². The highest BCUT2D eigenvalue weighted by Gasteiger charge is 2.33. The summed E-state index contributed by atoms with van der Waals surface area (Å²) >= 11 is 0. The van der Waals surface area contributed by atoms with E-state index in [9.17, 15) is 9.90 Å². The summed E-state index contributed by atoms with van der Waals surface area (Å²) in [6, 6.07) is 9.53. The van der Waals surface area contributed by atoms with Gasteiger partial charge in [-0.15, -0.1) is 0 Å². The van der Waals surface area contributed by atoms with Gasteiger partial charge in [0.1, 0.15) is 5.52 Å². The second-order valence-electron chi connectivity index (χ2n) is 6.87. The molecule has 2 N–H and O–H groups in total. The minimum atomic E-state index is -0.0270. The zero-order valence-corrected chi connectivity index (χ0v) is 15.0. The zero-order chi connectivity index (χ0) is 18.4. The molecule has 0 amide bonds. The molecule has 6 heteroatoms. The number of ketones is 1. The number of aliphatic hydroxyl groups excluding tert-OH is 1. The molecule has 0 aliphatic heterocycles. The van der Waals surface area contributed by atoms with Gasteiger partial charge >= 0.3 is 0 Å². The molecule has 1 aliphatic rings. The van der Waals surface area contributed by atoms with Crippen molar-refractivity contribution in [3.8, 4) is 11.3 Å². The molecule has 1 heterocycles. The molecule has 0 bridgehead atoms. The fraction of sp³-hybridized carbons (Fsp3) is 0.300. The summed E-state index contributed by atoms with van der Waals surface area (Å²) in [5.74, 6) is 0.595. The Hall–Kier alpha value is -2.86. The van der Waals surface area contributed by atoms with Gasteiger partial charge in [-0.3, -0.25) is 4.79 Å². The van der Waals surface area contributed by atoms with Crippen molar-refractivity contribution >= 4 is 28.1 Å². The van der Waals surface area contributed by atoms with E-state index in [0.717, 1.165) is 22.3 Å². The van der Waals surface area contributed by atoms with E-state index in [4.69, 9.17) is 4.52 Å². The number of hydrogen-bond acceptors (Lipinski definition) is 6. The lowest BCUT2D eigenvalue weighted by Crippen LogP contribution is -2.23. The third kappa shape index (κ3) is 2.37. The maximum atomic E-state index is 13.2. The lowest BCUT2D eigenvalue weighted by molar-refractivity contribution is 0.104. The number of rotatable bonds is 5. The van der Waals surface area contributed by atoms with Crippen LogP contribution in [0.4, 0.5) is 11.4 Å². The third-order valence-corrected chi connectivity index (χ3v) is 4.67. The van der Waals surface area contributed by atoms with Crippen LogP contribution in [0.15, 0.2) is 34.9 Å². The van der Waals surface area contributed by atoms with Crippen molar-refractivity contribution in [3.05, 3.63) is 41.5 Å². The first kappa shape index (κ1) is 16.6. The van der Waals surface area contributed by atoms with E-state index < -0.39 is 0 Å². The summed E-state index contributed by atoms with van der Waals surface area (Å²) in [5, 5.41) is 17.7. The summed E-state index contributed by atoms with van der Waals surface area (Å²) in [7, 11) is 1.89. The normalized spacial score (nSPS) is 12.6. The Morgan fingerprint density at radius 3 is 2.69 bits per heavy atom. The largest absolute Gasteiger partial charge is 0.395 e. The van der Waals surface area contributed by atoms with Crippen molar-refractivity contribution in [2.75, 3.05) is 30.4 Å². The number of fused-ring (bicyclic) bond motifs is 2. The van der Waals surface area contributed by atoms with Crippen LogP contribution in [0.2, 0.25) is 0 Å². The number of carbonyl (C=O) groups excluding carboxylic acids is 1. The van der Waals surface area contributed by atoms with E-state index in [2.05, 4.69) is 10.5 Å². The predicted octanol–water partition coefficient (Wildman–Crippen LogP) is 3.29. The Labute approximate surface area is 151 Å². The summed E-state index contributed by atoms with van der Waals surface area (Å²) in [6.45, 7) is 4.55. The van der Waals surface area contributed by atoms with Crippen LogP contribution in [0.1, 0.15) is 29.8 Å². The lowest BCUT2D eigenvalue weighted by Gasteiger charge is -2.24. The molecule has 0 saturated carbocycles. The maximum Gasteiger partial charge on any atom is 0.196 e. The minimum absolute atomic E-state index is 0.0269. The highest BCUT2D eigenvalue weighted by Crippen LogP contribution is 2.45. The Morgan fingerprint density at radius 1 is 1.27 bits per heavy atom. The number of aromatic nitrogens is 1. The predicted molar refractivity (Wildman–Crippen MR) is 102 cm³/mol. The van der Waals surface area contributed by atoms with Crippen molar-refractivity contribution in [1.29, 1.82) is 0 Å². The summed E-state index contributed by atoms with van der Waals surface area (Å²) in [6.07, 6.45) is 0. The van der Waals surface area contributed by atoms with Gasteiger partial charge in [-0.2, -0.15) is 0 Å². The number of anilines is 2. The Bertz CT molecular complexity index is 1010. The average Bonchev–Trinajstić information content (AvgIpc) is 3.05. The average molecular weight is 351 g/mol. The molecule has 134 valence electrons. The third-order valence-electron chi connectivity index (χ3n) is 4.67. The molecule has 3 aromatic rings. The smallest absolute Gasteiger partial charge is 0.196 e. The van der Waals surface area contributed by atoms with Crippen LogP contribution in [-0.2, 0) is 0 Å². The van der Waals surface area contributed by atoms with Crippen molar-refractivity contribution in [2.45, 2.75) is 19.9 Å². The highest BCUT2D eigenvalue weighted by atomic mass is 16.5. The van der Waals surface area contributed by atoms with Gasteiger partial charge in [0.25, 0.3) is 0 Å². The molecule has 26 heavy (non-hydrogen) atoms. The fourth-order valence-electron chi connectivity index (χ4n) is 3.53. The molecule has 0 saturated heterocycles. The van der Waals surface area contributed by atoms with Gasteiger partial charge in [-0.05, 0) is 19.9 Å². The van der Waals surface area contributed by atoms with Gasteiger partial charge in [-0.1, -0.05) is 29.4 Å². The van der Waals surface area contributed by atoms with Gasteiger partial charge in [0.15, 0.2) is 11.5 Å². The molecule has 1 aliphatic carbocycles. The van der Waals surface area contributed by atoms with Crippen molar-refractivity contribution < 1.29 is 14.4 Å². The first-order valence-corrected chi connectivity index (χ1v) is 8.72. The molecule has 2 aromatic carbocycles. The van der Waals surface area contributed by atoms with Gasteiger partial charge in [0.05, 0.1) is 23.2 Å². The zero-order valence-electron chi connectivity index (χ0n) is 15.0. The molecule has 1 aromatic heterocycles. The summed E-state index contributed by atoms with van der Waals surface area (Å²) < 4.78 is 5.68. The van der Waals surface area contributed by atoms with Gasteiger partial charge < -0.3 is 19.8 Å². The Balaban J connectivity index is 2.07. The summed E-state index contributed by atoms with van der Waals surface area (Å²) in [5.41, 5.74) is 4.22. The fourth-order valence-corrected chi connectivity index (χ4v) is 3.53. The standard InChI is InChI=1S/C20H21N3O3/c1-11(2)21-14-10-15(23(3)8-9-24)18-17-16(14)19(25)12-6-4-5-7-13(12)20(17)26-22-18/h4-7,10-11,21,24H,8-9H2,1-3H3. The van der Waals surface area contributed by atoms with E-state index in [0.29, 0.717) is 28.9 Å². The number of aliphatic hydroxyl groups is 1. The SMILES string of the molecule is CC(C)Nc1cc(N(C)CCO)c2noc3c2c1C(=O)c1ccccc1-3. The van der Waals surface area contributed by atoms with Crippen LogP contribution in [0.25, 0.3) is 22.2 Å². The Morgan fingerprint density at radius 2 is 2.00 bits per heavy atom. The summed E-state index contributed by atoms with van der Waals surface area (Å²) in [4.78, 5) is 15.2. The molecule has 0 spiro atoms. The number of benzene rings is 2. The van der Waals surface area contributed by atoms with Crippen molar-refractivity contribution in [2.24, 2.45) is 0 Å². The van der Waals surface area contributed by atoms with Crippen LogP contribution in [0.3, 0.4) is 0 Å². The van der Waals surface area contributed by atoms with E-state index in [1.165, 1.54) is 0 Å². The molecule has 0 radical (unpaired) electrons. The van der Waals surface area contributed by atoms with Gasteiger partial charge in [-0.25, -0.2) is 0 Å². The number of likely N-dealkylation sites (N-methyl/N-ethyl adjacent to an activating group) is 1. The van der Waals surface area contributed by atoms with E-state index in [1.54, 1.807) is 0 Å². The van der Waals surface area contributed by atoms with Crippen molar-refractivity contribution in [3.63, 3.8) is 0 Å². The lowest BCUT2D eigenvalue weighted by atomic mass is 9.86. The van der Waals surface area contributed by atoms with Crippen LogP contribution in [-0.4, -0.2) is 42.3 Å². The number of nitrogens with one attached hydrogen (secondary N) is 1. The second-order valence-corrected chi connectivity index (χ2v) is 6.87. The molecular weight excluding hydrogens is 330 g/mol. The quantitative estimate of drug-likeness (QED) is 0.574. The van der Waals surface area contributed by atoms with Crippen LogP contribution in [0, 0.1) is 0 Å². The number of hydrogen-bond donors (Lipinski definition) is 2. The Kier molecular flexibility index (Phi) is 3.92. The number of nitrogens with zero attached hydrogens (tertiary/aromatic N) is 2. The highest BCUT2D eigenvalue weighted by molar-refractivity contribution is 6.28. The van der Waals surface area contributed by atoms with E-state index in [1.807, 2.05) is 56.1 Å². The molecule has 0 unspecified atom stereocenters. The van der Waals surface area contributed by atoms with Crippen LogP contribution in [0.5, 0.6) is 0 Å². The maximum absolute atomic E-state index is 13.2.